The number of nitrogens with one attached hydrogen (secondary N) is 1. The molecule has 136 valence electrons. The van der Waals surface area contributed by atoms with Crippen LogP contribution in [0.3, 0.4) is 0 Å². The van der Waals surface area contributed by atoms with Gasteiger partial charge in [0.1, 0.15) is 17.0 Å². The maximum atomic E-state index is 12.5. The number of methoxy groups -OCH3 is 1. The summed E-state index contributed by atoms with van der Waals surface area (Å²) in [6.45, 7) is 2.63. The second kappa shape index (κ2) is 6.87. The lowest BCUT2D eigenvalue weighted by atomic mass is 10.1. The zero-order valence-electron chi connectivity index (χ0n) is 14.8. The number of hydrogen-bond donors (Lipinski definition) is 2. The van der Waals surface area contributed by atoms with E-state index in [1.807, 2.05) is 11.5 Å². The van der Waals surface area contributed by atoms with Gasteiger partial charge in [0.05, 0.1) is 12.6 Å². The summed E-state index contributed by atoms with van der Waals surface area (Å²) in [5.41, 5.74) is 7.30. The summed E-state index contributed by atoms with van der Waals surface area (Å²) >= 11 is 0. The number of carbonyl (C=O) groups is 2. The molecule has 0 bridgehead atoms. The Kier molecular flexibility index (Phi) is 4.61. The maximum absolute atomic E-state index is 12.5. The van der Waals surface area contributed by atoms with Gasteiger partial charge in [-0.2, -0.15) is 5.10 Å². The SMILES string of the molecule is CCCn1c(NC(=O)c2ccnn2C)nc2cc(C(N)=O)cc(OC)c21. The molecule has 0 atom stereocenters. The number of aryl methyl sites for hydroxylation is 2. The molecule has 2 aromatic heterocycles. The molecular formula is C17H20N6O3. The second-order valence-electron chi connectivity index (χ2n) is 5.79. The Morgan fingerprint density at radius 3 is 2.69 bits per heavy atom. The summed E-state index contributed by atoms with van der Waals surface area (Å²) in [5, 5.41) is 6.80. The third-order valence-corrected chi connectivity index (χ3v) is 4.04. The first-order valence-corrected chi connectivity index (χ1v) is 8.13. The zero-order valence-corrected chi connectivity index (χ0v) is 14.8. The molecule has 0 aliphatic heterocycles. The molecule has 0 fully saturated rings. The zero-order chi connectivity index (χ0) is 18.8. The molecule has 0 saturated carbocycles. The highest BCUT2D eigenvalue weighted by molar-refractivity contribution is 6.04. The van der Waals surface area contributed by atoms with Crippen molar-refractivity contribution in [3.05, 3.63) is 35.7 Å². The van der Waals surface area contributed by atoms with E-state index in [0.717, 1.165) is 6.42 Å². The molecule has 9 nitrogen and oxygen atoms in total. The van der Waals surface area contributed by atoms with E-state index in [1.165, 1.54) is 11.8 Å². The van der Waals surface area contributed by atoms with Gasteiger partial charge < -0.3 is 15.0 Å². The van der Waals surface area contributed by atoms with E-state index in [0.29, 0.717) is 40.5 Å². The largest absolute Gasteiger partial charge is 0.494 e. The first-order chi connectivity index (χ1) is 12.5. The molecule has 9 heteroatoms. The summed E-state index contributed by atoms with van der Waals surface area (Å²) < 4.78 is 8.75. The van der Waals surface area contributed by atoms with Gasteiger partial charge >= 0.3 is 0 Å². The van der Waals surface area contributed by atoms with E-state index in [4.69, 9.17) is 10.5 Å². The quantitative estimate of drug-likeness (QED) is 0.695. The number of aromatic nitrogens is 4. The summed E-state index contributed by atoms with van der Waals surface area (Å²) in [6.07, 6.45) is 2.37. The van der Waals surface area contributed by atoms with Crippen LogP contribution in [0.25, 0.3) is 11.0 Å². The monoisotopic (exact) mass is 356 g/mol. The Balaban J connectivity index is 2.12. The van der Waals surface area contributed by atoms with E-state index < -0.39 is 5.91 Å². The van der Waals surface area contributed by atoms with Gasteiger partial charge in [0.25, 0.3) is 5.91 Å². The van der Waals surface area contributed by atoms with Crippen molar-refractivity contribution in [2.75, 3.05) is 12.4 Å². The highest BCUT2D eigenvalue weighted by Crippen LogP contribution is 2.31. The average molecular weight is 356 g/mol. The number of anilines is 1. The average Bonchev–Trinajstić information content (AvgIpc) is 3.18. The first kappa shape index (κ1) is 17.5. The number of primary amides is 1. The Hall–Kier alpha value is -3.36. The fourth-order valence-electron chi connectivity index (χ4n) is 2.83. The standard InChI is InChI=1S/C17H20N6O3/c1-4-7-23-14-11(8-10(15(18)24)9-13(14)26-3)20-17(23)21-16(25)12-5-6-19-22(12)2/h5-6,8-9H,4,7H2,1-3H3,(H2,18,24)(H,20,21,25). The molecule has 26 heavy (non-hydrogen) atoms. The molecule has 0 unspecified atom stereocenters. The van der Waals surface area contributed by atoms with Gasteiger partial charge in [-0.25, -0.2) is 4.98 Å². The number of fused-ring (bicyclic) bond motifs is 1. The summed E-state index contributed by atoms with van der Waals surface area (Å²) in [7, 11) is 3.20. The van der Waals surface area contributed by atoms with E-state index >= 15 is 0 Å². The van der Waals surface area contributed by atoms with Crippen molar-refractivity contribution in [1.29, 1.82) is 0 Å². The molecular weight excluding hydrogens is 336 g/mol. The van der Waals surface area contributed by atoms with E-state index in [1.54, 1.807) is 31.4 Å². The number of imidazole rings is 1. The first-order valence-electron chi connectivity index (χ1n) is 8.13. The van der Waals surface area contributed by atoms with Crippen molar-refractivity contribution in [2.45, 2.75) is 19.9 Å². The molecule has 0 aliphatic carbocycles. The van der Waals surface area contributed by atoms with Crippen molar-refractivity contribution >= 4 is 28.8 Å². The van der Waals surface area contributed by atoms with Crippen LogP contribution in [0.1, 0.15) is 34.2 Å². The van der Waals surface area contributed by atoms with Crippen LogP contribution in [-0.4, -0.2) is 38.3 Å². The Morgan fingerprint density at radius 1 is 1.35 bits per heavy atom. The molecule has 3 rings (SSSR count). The lowest BCUT2D eigenvalue weighted by Gasteiger charge is -2.11. The maximum Gasteiger partial charge on any atom is 0.276 e. The predicted octanol–water partition coefficient (Wildman–Crippen LogP) is 1.54. The van der Waals surface area contributed by atoms with E-state index in [9.17, 15) is 9.59 Å². The molecule has 1 aromatic carbocycles. The minimum absolute atomic E-state index is 0.292. The highest BCUT2D eigenvalue weighted by Gasteiger charge is 2.20. The Labute approximate surface area is 149 Å². The van der Waals surface area contributed by atoms with Gasteiger partial charge in [-0.05, 0) is 24.6 Å². The fourth-order valence-corrected chi connectivity index (χ4v) is 2.83. The van der Waals surface area contributed by atoms with Gasteiger partial charge in [0.2, 0.25) is 11.9 Å². The smallest absolute Gasteiger partial charge is 0.276 e. The minimum Gasteiger partial charge on any atom is -0.494 e. The number of ether oxygens (including phenoxy) is 1. The predicted molar refractivity (Wildman–Crippen MR) is 96.3 cm³/mol. The molecule has 3 aromatic rings. The third-order valence-electron chi connectivity index (χ3n) is 4.04. The number of benzene rings is 1. The summed E-state index contributed by atoms with van der Waals surface area (Å²) in [4.78, 5) is 28.6. The van der Waals surface area contributed by atoms with Crippen LogP contribution in [0.4, 0.5) is 5.95 Å². The van der Waals surface area contributed by atoms with Crippen LogP contribution < -0.4 is 15.8 Å². The summed E-state index contributed by atoms with van der Waals surface area (Å²) in [6, 6.07) is 4.78. The van der Waals surface area contributed by atoms with Crippen molar-refractivity contribution < 1.29 is 14.3 Å². The Bertz CT molecular complexity index is 988. The van der Waals surface area contributed by atoms with Crippen LogP contribution in [0, 0.1) is 0 Å². The highest BCUT2D eigenvalue weighted by atomic mass is 16.5. The fraction of sp³-hybridized carbons (Fsp3) is 0.294. The van der Waals surface area contributed by atoms with Gasteiger partial charge in [0, 0.05) is 25.4 Å². The third kappa shape index (κ3) is 2.99. The molecule has 0 saturated heterocycles. The minimum atomic E-state index is -0.573. The number of nitrogens with zero attached hydrogens (tertiary/aromatic N) is 4. The molecule has 0 spiro atoms. The number of rotatable bonds is 6. The molecule has 0 aliphatic rings. The van der Waals surface area contributed by atoms with Crippen molar-refractivity contribution in [1.82, 2.24) is 19.3 Å². The summed E-state index contributed by atoms with van der Waals surface area (Å²) in [5.74, 6) is -0.0614. The van der Waals surface area contributed by atoms with Crippen LogP contribution in [0.2, 0.25) is 0 Å². The normalized spacial score (nSPS) is 10.9. The number of carbonyl (C=O) groups excluding carboxylic acids is 2. The van der Waals surface area contributed by atoms with Crippen LogP contribution in [0.5, 0.6) is 5.75 Å². The van der Waals surface area contributed by atoms with Crippen molar-refractivity contribution in [3.8, 4) is 5.75 Å². The lowest BCUT2D eigenvalue weighted by molar-refractivity contribution is 0.0996. The molecule has 0 radical (unpaired) electrons. The van der Waals surface area contributed by atoms with Crippen LogP contribution in [0.15, 0.2) is 24.4 Å². The number of hydrogen-bond acceptors (Lipinski definition) is 5. The lowest BCUT2D eigenvalue weighted by Crippen LogP contribution is -2.19. The van der Waals surface area contributed by atoms with Gasteiger partial charge in [-0.1, -0.05) is 6.92 Å². The number of amides is 2. The van der Waals surface area contributed by atoms with E-state index in [2.05, 4.69) is 15.4 Å². The van der Waals surface area contributed by atoms with Crippen LogP contribution in [-0.2, 0) is 13.6 Å². The number of nitrogens with two attached hydrogens (primary N) is 1. The van der Waals surface area contributed by atoms with Crippen molar-refractivity contribution in [2.24, 2.45) is 12.8 Å². The van der Waals surface area contributed by atoms with Gasteiger partial charge in [0.15, 0.2) is 0 Å². The van der Waals surface area contributed by atoms with Crippen LogP contribution >= 0.6 is 0 Å². The van der Waals surface area contributed by atoms with Crippen molar-refractivity contribution in [3.63, 3.8) is 0 Å². The van der Waals surface area contributed by atoms with E-state index in [-0.39, 0.29) is 5.91 Å². The van der Waals surface area contributed by atoms with Gasteiger partial charge in [-0.15, -0.1) is 0 Å². The molecule has 3 N–H and O–H groups in total. The molecule has 2 amide bonds. The Morgan fingerprint density at radius 2 is 2.12 bits per heavy atom. The second-order valence-corrected chi connectivity index (χ2v) is 5.79. The molecule has 2 heterocycles. The van der Waals surface area contributed by atoms with Gasteiger partial charge in [-0.3, -0.25) is 19.6 Å². The topological polar surface area (TPSA) is 117 Å².